The van der Waals surface area contributed by atoms with Crippen molar-refractivity contribution in [3.63, 3.8) is 0 Å². The highest BCUT2D eigenvalue weighted by molar-refractivity contribution is 7.12. The van der Waals surface area contributed by atoms with E-state index >= 15 is 0 Å². The molecule has 3 aromatic rings. The first-order valence-electron chi connectivity index (χ1n) is 8.80. The fraction of sp³-hybridized carbons (Fsp3) is 0.263. The Labute approximate surface area is 165 Å². The number of likely N-dealkylation sites (tertiary alicyclic amines) is 1. The largest absolute Gasteiger partial charge is 0.465 e. The minimum absolute atomic E-state index is 0.301. The van der Waals surface area contributed by atoms with Gasteiger partial charge in [-0.3, -0.25) is 0 Å². The molecule has 3 heterocycles. The molecule has 2 amide bonds. The van der Waals surface area contributed by atoms with Crippen LogP contribution in [0.15, 0.2) is 46.3 Å². The number of esters is 1. The number of urea groups is 1. The molecule has 1 atom stereocenters. The maximum absolute atomic E-state index is 12.8. The van der Waals surface area contributed by atoms with Gasteiger partial charge in [-0.2, -0.15) is 4.98 Å². The predicted octanol–water partition coefficient (Wildman–Crippen LogP) is 3.95. The first-order chi connectivity index (χ1) is 13.7. The molecule has 28 heavy (non-hydrogen) atoms. The average Bonchev–Trinajstić information content (AvgIpc) is 3.47. The third-order valence-electron chi connectivity index (χ3n) is 4.55. The monoisotopic (exact) mass is 398 g/mol. The smallest absolute Gasteiger partial charge is 0.350 e. The van der Waals surface area contributed by atoms with E-state index in [0.717, 1.165) is 18.4 Å². The summed E-state index contributed by atoms with van der Waals surface area (Å²) in [7, 11) is 1.31. The quantitative estimate of drug-likeness (QED) is 0.668. The van der Waals surface area contributed by atoms with Crippen LogP contribution >= 0.6 is 11.3 Å². The molecular formula is C19H18N4O4S. The van der Waals surface area contributed by atoms with Crippen molar-refractivity contribution in [1.82, 2.24) is 15.0 Å². The van der Waals surface area contributed by atoms with Crippen LogP contribution in [0.5, 0.6) is 0 Å². The Morgan fingerprint density at radius 3 is 2.89 bits per heavy atom. The van der Waals surface area contributed by atoms with Gasteiger partial charge in [0.05, 0.1) is 12.8 Å². The van der Waals surface area contributed by atoms with E-state index in [9.17, 15) is 9.59 Å². The van der Waals surface area contributed by atoms with Crippen LogP contribution in [-0.2, 0) is 4.74 Å². The number of hydrogen-bond donors (Lipinski definition) is 1. The molecule has 1 fully saturated rings. The standard InChI is InChI=1S/C19H18N4O4S/c1-26-18(24)15-13(9-11-28-15)20-19(25)23-10-5-8-14(23)17-21-16(22-27-17)12-6-3-2-4-7-12/h2-4,6-7,9,11,14H,5,8,10H2,1H3,(H,20,25)/t14-/m0/s1. The van der Waals surface area contributed by atoms with E-state index in [1.165, 1.54) is 18.4 Å². The predicted molar refractivity (Wildman–Crippen MR) is 103 cm³/mol. The number of amides is 2. The van der Waals surface area contributed by atoms with Crippen LogP contribution in [-0.4, -0.2) is 40.7 Å². The maximum atomic E-state index is 12.8. The van der Waals surface area contributed by atoms with Crippen molar-refractivity contribution in [2.75, 3.05) is 19.0 Å². The molecule has 1 aliphatic rings. The molecule has 2 aromatic heterocycles. The van der Waals surface area contributed by atoms with Crippen molar-refractivity contribution >= 4 is 29.0 Å². The molecule has 0 saturated carbocycles. The van der Waals surface area contributed by atoms with Gasteiger partial charge >= 0.3 is 12.0 Å². The molecule has 1 saturated heterocycles. The summed E-state index contributed by atoms with van der Waals surface area (Å²) in [6.07, 6.45) is 1.56. The van der Waals surface area contributed by atoms with Crippen LogP contribution in [0.4, 0.5) is 10.5 Å². The van der Waals surface area contributed by atoms with Crippen molar-refractivity contribution in [3.8, 4) is 11.4 Å². The van der Waals surface area contributed by atoms with Gasteiger partial charge in [0.15, 0.2) is 0 Å². The SMILES string of the molecule is COC(=O)c1sccc1NC(=O)N1CCC[C@H]1c1nc(-c2ccccc2)no1. The van der Waals surface area contributed by atoms with Gasteiger partial charge in [0.2, 0.25) is 11.7 Å². The molecule has 0 unspecified atom stereocenters. The molecule has 0 radical (unpaired) electrons. The summed E-state index contributed by atoms with van der Waals surface area (Å²) in [6, 6.07) is 10.6. The number of rotatable bonds is 4. The van der Waals surface area contributed by atoms with E-state index in [4.69, 9.17) is 9.26 Å². The maximum Gasteiger partial charge on any atom is 0.350 e. The van der Waals surface area contributed by atoms with Gasteiger partial charge in [0.1, 0.15) is 10.9 Å². The van der Waals surface area contributed by atoms with Crippen LogP contribution in [0.25, 0.3) is 11.4 Å². The lowest BCUT2D eigenvalue weighted by molar-refractivity contribution is 0.0607. The molecule has 4 rings (SSSR count). The first kappa shape index (κ1) is 18.2. The van der Waals surface area contributed by atoms with Crippen LogP contribution in [0.1, 0.15) is 34.4 Å². The Morgan fingerprint density at radius 1 is 1.29 bits per heavy atom. The minimum Gasteiger partial charge on any atom is -0.465 e. The minimum atomic E-state index is -0.479. The number of nitrogens with zero attached hydrogens (tertiary/aromatic N) is 3. The van der Waals surface area contributed by atoms with Gasteiger partial charge in [-0.1, -0.05) is 35.5 Å². The molecular weight excluding hydrogens is 380 g/mol. The lowest BCUT2D eigenvalue weighted by Crippen LogP contribution is -2.34. The third-order valence-corrected chi connectivity index (χ3v) is 5.44. The van der Waals surface area contributed by atoms with Crippen molar-refractivity contribution in [1.29, 1.82) is 0 Å². The van der Waals surface area contributed by atoms with E-state index in [1.54, 1.807) is 16.3 Å². The van der Waals surface area contributed by atoms with Crippen molar-refractivity contribution in [3.05, 3.63) is 52.5 Å². The van der Waals surface area contributed by atoms with Crippen LogP contribution in [0.3, 0.4) is 0 Å². The molecule has 0 aliphatic carbocycles. The molecule has 0 bridgehead atoms. The molecule has 9 heteroatoms. The normalized spacial score (nSPS) is 16.2. The number of methoxy groups -OCH3 is 1. The van der Waals surface area contributed by atoms with Gasteiger partial charge in [0.25, 0.3) is 0 Å². The lowest BCUT2D eigenvalue weighted by atomic mass is 10.2. The summed E-state index contributed by atoms with van der Waals surface area (Å²) in [5, 5.41) is 8.57. The van der Waals surface area contributed by atoms with Crippen LogP contribution in [0.2, 0.25) is 0 Å². The average molecular weight is 398 g/mol. The second-order valence-electron chi connectivity index (χ2n) is 6.26. The number of anilines is 1. The molecule has 1 N–H and O–H groups in total. The van der Waals surface area contributed by atoms with Crippen molar-refractivity contribution < 1.29 is 18.8 Å². The second kappa shape index (κ2) is 7.81. The Balaban J connectivity index is 1.51. The van der Waals surface area contributed by atoms with Gasteiger partial charge in [0, 0.05) is 12.1 Å². The number of hydrogen-bond acceptors (Lipinski definition) is 7. The third kappa shape index (κ3) is 3.48. The molecule has 144 valence electrons. The fourth-order valence-corrected chi connectivity index (χ4v) is 3.95. The summed E-state index contributed by atoms with van der Waals surface area (Å²) in [5.74, 6) is 0.423. The Bertz CT molecular complexity index is 985. The summed E-state index contributed by atoms with van der Waals surface area (Å²) in [5.41, 5.74) is 1.29. The lowest BCUT2D eigenvalue weighted by Gasteiger charge is -2.22. The Morgan fingerprint density at radius 2 is 2.11 bits per heavy atom. The van der Waals surface area contributed by atoms with E-state index in [1.807, 2.05) is 30.3 Å². The summed E-state index contributed by atoms with van der Waals surface area (Å²) in [6.45, 7) is 0.567. The van der Waals surface area contributed by atoms with E-state index in [-0.39, 0.29) is 12.1 Å². The second-order valence-corrected chi connectivity index (χ2v) is 7.17. The number of thiophene rings is 1. The summed E-state index contributed by atoms with van der Waals surface area (Å²) in [4.78, 5) is 31.1. The van der Waals surface area contributed by atoms with Gasteiger partial charge in [-0.05, 0) is 24.3 Å². The van der Waals surface area contributed by atoms with E-state index < -0.39 is 5.97 Å². The zero-order valence-electron chi connectivity index (χ0n) is 15.1. The Kier molecular flexibility index (Phi) is 5.07. The zero-order chi connectivity index (χ0) is 19.5. The van der Waals surface area contributed by atoms with Gasteiger partial charge in [-0.25, -0.2) is 9.59 Å². The van der Waals surface area contributed by atoms with E-state index in [2.05, 4.69) is 15.5 Å². The number of nitrogens with one attached hydrogen (secondary N) is 1. The number of carbonyl (C=O) groups is 2. The topological polar surface area (TPSA) is 97.6 Å². The highest BCUT2D eigenvalue weighted by Crippen LogP contribution is 2.33. The Hall–Kier alpha value is -3.20. The summed E-state index contributed by atoms with van der Waals surface area (Å²) < 4.78 is 10.2. The van der Waals surface area contributed by atoms with Crippen molar-refractivity contribution in [2.45, 2.75) is 18.9 Å². The molecule has 8 nitrogen and oxygen atoms in total. The first-order valence-corrected chi connectivity index (χ1v) is 9.68. The van der Waals surface area contributed by atoms with Crippen LogP contribution in [0, 0.1) is 0 Å². The van der Waals surface area contributed by atoms with Crippen LogP contribution < -0.4 is 5.32 Å². The number of benzene rings is 1. The fourth-order valence-electron chi connectivity index (χ4n) is 3.19. The van der Waals surface area contributed by atoms with Crippen molar-refractivity contribution in [2.24, 2.45) is 0 Å². The summed E-state index contributed by atoms with van der Waals surface area (Å²) >= 11 is 1.22. The number of ether oxygens (including phenoxy) is 1. The molecule has 0 spiro atoms. The highest BCUT2D eigenvalue weighted by atomic mass is 32.1. The van der Waals surface area contributed by atoms with E-state index in [0.29, 0.717) is 28.8 Å². The number of carbonyl (C=O) groups excluding carboxylic acids is 2. The molecule has 1 aromatic carbocycles. The zero-order valence-corrected chi connectivity index (χ0v) is 15.9. The molecule has 1 aliphatic heterocycles. The highest BCUT2D eigenvalue weighted by Gasteiger charge is 2.34. The van der Waals surface area contributed by atoms with Gasteiger partial charge < -0.3 is 19.5 Å². The number of aromatic nitrogens is 2. The van der Waals surface area contributed by atoms with Gasteiger partial charge in [-0.15, -0.1) is 11.3 Å².